The van der Waals surface area contributed by atoms with Crippen LogP contribution in [0.15, 0.2) is 12.2 Å². The van der Waals surface area contributed by atoms with Crippen LogP contribution in [-0.4, -0.2) is 103 Å². The Balaban J connectivity index is 5.43. The summed E-state index contributed by atoms with van der Waals surface area (Å²) >= 11 is 0. The van der Waals surface area contributed by atoms with E-state index in [-0.39, 0.29) is 25.7 Å². The van der Waals surface area contributed by atoms with Gasteiger partial charge in [-0.2, -0.15) is 0 Å². The number of carboxylic acid groups (broad SMARTS) is 2. The zero-order valence-electron chi connectivity index (χ0n) is 26.4. The van der Waals surface area contributed by atoms with Crippen molar-refractivity contribution in [1.29, 1.82) is 0 Å². The van der Waals surface area contributed by atoms with E-state index >= 15 is 0 Å². The lowest BCUT2D eigenvalue weighted by molar-refractivity contribution is -0.142. The molecule has 0 spiro atoms. The Hall–Kier alpha value is -3.60. The van der Waals surface area contributed by atoms with Gasteiger partial charge in [0, 0.05) is 12.2 Å². The molecule has 13 N–H and O–H groups in total. The van der Waals surface area contributed by atoms with E-state index in [0.29, 0.717) is 71.1 Å². The van der Waals surface area contributed by atoms with Crippen molar-refractivity contribution in [2.75, 3.05) is 33.2 Å². The number of aliphatic carboxylic acids is 2. The Labute approximate surface area is 265 Å². The molecule has 0 aliphatic heterocycles. The molecule has 4 atom stereocenters. The summed E-state index contributed by atoms with van der Waals surface area (Å²) in [5.74, 6) is -5.33. The third-order valence-corrected chi connectivity index (χ3v) is 6.89. The van der Waals surface area contributed by atoms with E-state index in [1.807, 2.05) is 0 Å². The molecule has 0 bridgehead atoms. The molecule has 0 saturated carbocycles. The number of nitrogens with two attached hydrogens (primary N) is 3. The third-order valence-electron chi connectivity index (χ3n) is 6.89. The van der Waals surface area contributed by atoms with Crippen molar-refractivity contribution in [2.24, 2.45) is 17.2 Å². The van der Waals surface area contributed by atoms with Crippen LogP contribution in [0.2, 0.25) is 0 Å². The number of rotatable bonds is 27. The van der Waals surface area contributed by atoms with Gasteiger partial charge in [0.05, 0.1) is 0 Å². The zero-order chi connectivity index (χ0) is 34.0. The van der Waals surface area contributed by atoms with Crippen LogP contribution in [0.1, 0.15) is 77.0 Å². The molecule has 0 aromatic heterocycles. The first kappa shape index (κ1) is 41.4. The van der Waals surface area contributed by atoms with Crippen molar-refractivity contribution < 1.29 is 39.0 Å². The first-order valence-corrected chi connectivity index (χ1v) is 15.6. The fraction of sp³-hybridized carbons (Fsp3) is 0.724. The van der Waals surface area contributed by atoms with Gasteiger partial charge in [-0.1, -0.05) is 0 Å². The molecule has 0 aliphatic carbocycles. The van der Waals surface area contributed by atoms with Crippen LogP contribution < -0.4 is 43.8 Å². The minimum absolute atomic E-state index is 0.172. The summed E-state index contributed by atoms with van der Waals surface area (Å²) in [6.45, 7) is 1.82. The van der Waals surface area contributed by atoms with Gasteiger partial charge >= 0.3 is 11.9 Å². The van der Waals surface area contributed by atoms with Crippen molar-refractivity contribution in [3.8, 4) is 0 Å². The van der Waals surface area contributed by atoms with Gasteiger partial charge in [0.2, 0.25) is 23.6 Å². The average molecular weight is 643 g/mol. The molecule has 16 heteroatoms. The molecule has 0 radical (unpaired) electrons. The van der Waals surface area contributed by atoms with E-state index in [1.54, 1.807) is 7.05 Å². The number of carbonyl (C=O) groups is 6. The highest BCUT2D eigenvalue weighted by atomic mass is 16.4. The van der Waals surface area contributed by atoms with E-state index in [1.165, 1.54) is 0 Å². The fourth-order valence-electron chi connectivity index (χ4n) is 4.32. The summed E-state index contributed by atoms with van der Waals surface area (Å²) in [4.78, 5) is 74.5. The lowest BCUT2D eigenvalue weighted by Gasteiger charge is -2.21. The van der Waals surface area contributed by atoms with Crippen molar-refractivity contribution in [1.82, 2.24) is 26.6 Å². The van der Waals surface area contributed by atoms with Crippen LogP contribution in [-0.2, 0) is 28.8 Å². The van der Waals surface area contributed by atoms with Crippen LogP contribution in [0, 0.1) is 0 Å². The second-order valence-corrected chi connectivity index (χ2v) is 10.7. The molecule has 0 aromatic rings. The summed E-state index contributed by atoms with van der Waals surface area (Å²) in [7, 11) is 1.78. The number of hydrogen-bond acceptors (Lipinski definition) is 10. The Kier molecular flexibility index (Phi) is 23.6. The summed E-state index contributed by atoms with van der Waals surface area (Å²) in [5, 5.41) is 31.9. The predicted octanol–water partition coefficient (Wildman–Crippen LogP) is -1.57. The monoisotopic (exact) mass is 642 g/mol. The highest BCUT2D eigenvalue weighted by Crippen LogP contribution is 2.07. The normalized spacial score (nSPS) is 13.8. The van der Waals surface area contributed by atoms with Crippen molar-refractivity contribution in [2.45, 2.75) is 101 Å². The van der Waals surface area contributed by atoms with Gasteiger partial charge in [0.15, 0.2) is 0 Å². The quantitative estimate of drug-likeness (QED) is 0.0359. The van der Waals surface area contributed by atoms with Crippen LogP contribution in [0.25, 0.3) is 0 Å². The Morgan fingerprint density at radius 2 is 0.867 bits per heavy atom. The van der Waals surface area contributed by atoms with E-state index in [4.69, 9.17) is 17.2 Å². The van der Waals surface area contributed by atoms with Gasteiger partial charge in [-0.3, -0.25) is 19.2 Å². The molecule has 0 heterocycles. The topological polar surface area (TPSA) is 281 Å². The number of amides is 4. The Morgan fingerprint density at radius 1 is 0.533 bits per heavy atom. The largest absolute Gasteiger partial charge is 0.480 e. The summed E-state index contributed by atoms with van der Waals surface area (Å²) < 4.78 is 0. The van der Waals surface area contributed by atoms with Crippen molar-refractivity contribution in [3.05, 3.63) is 12.2 Å². The molecule has 0 saturated heterocycles. The smallest absolute Gasteiger partial charge is 0.326 e. The average Bonchev–Trinajstić information content (AvgIpc) is 2.99. The molecule has 0 aromatic carbocycles. The zero-order valence-corrected chi connectivity index (χ0v) is 26.4. The number of carbonyl (C=O) groups excluding carboxylic acids is 4. The van der Waals surface area contributed by atoms with Gasteiger partial charge in [-0.25, -0.2) is 9.59 Å². The Bertz CT molecular complexity index is 949. The number of carboxylic acids is 2. The lowest BCUT2D eigenvalue weighted by Crippen LogP contribution is -2.52. The maximum Gasteiger partial charge on any atom is 0.326 e. The highest BCUT2D eigenvalue weighted by Gasteiger charge is 2.27. The predicted molar refractivity (Wildman–Crippen MR) is 169 cm³/mol. The summed E-state index contributed by atoms with van der Waals surface area (Å²) in [6, 6.07) is -4.44. The van der Waals surface area contributed by atoms with E-state index < -0.39 is 59.7 Å². The van der Waals surface area contributed by atoms with E-state index in [0.717, 1.165) is 18.6 Å². The molecule has 0 fully saturated rings. The van der Waals surface area contributed by atoms with Gasteiger partial charge in [-0.15, -0.1) is 0 Å². The van der Waals surface area contributed by atoms with Crippen molar-refractivity contribution in [3.63, 3.8) is 0 Å². The number of unbranched alkanes of at least 4 members (excludes halogenated alkanes) is 4. The van der Waals surface area contributed by atoms with Gasteiger partial charge < -0.3 is 54.0 Å². The Morgan fingerprint density at radius 3 is 1.18 bits per heavy atom. The SMILES string of the molecule is CNCCCCC(NC(=O)C(CCCCN)NC(=O)/C=C\C(=O)NC(CCCCN)C(=O)NC(CCCCN)C(=O)O)C(=O)O. The molecule has 258 valence electrons. The fourth-order valence-corrected chi connectivity index (χ4v) is 4.32. The maximum atomic E-state index is 12.9. The lowest BCUT2D eigenvalue weighted by atomic mass is 10.1. The molecular formula is C29H54N8O8. The molecule has 4 unspecified atom stereocenters. The number of hydrogen-bond donors (Lipinski definition) is 10. The van der Waals surface area contributed by atoms with E-state index in [2.05, 4.69) is 26.6 Å². The minimum Gasteiger partial charge on any atom is -0.480 e. The van der Waals surface area contributed by atoms with Gasteiger partial charge in [0.1, 0.15) is 24.2 Å². The molecule has 4 amide bonds. The van der Waals surface area contributed by atoms with Crippen LogP contribution in [0.5, 0.6) is 0 Å². The molecular weight excluding hydrogens is 588 g/mol. The third kappa shape index (κ3) is 20.1. The highest BCUT2D eigenvalue weighted by molar-refractivity contribution is 6.00. The number of nitrogens with one attached hydrogen (secondary N) is 5. The minimum atomic E-state index is -1.21. The summed E-state index contributed by atoms with van der Waals surface area (Å²) in [6.07, 6.45) is 7.06. The molecule has 16 nitrogen and oxygen atoms in total. The standard InChI is InChI=1S/C29H54N8O8/c1-33-19-9-5-13-23(29(44)45)37-27(41)21(11-3-7-17-31)35-25(39)15-14-24(38)34-20(10-2-6-16-30)26(40)36-22(28(42)43)12-4-8-18-32/h14-15,20-23,33H,2-13,16-19,30-32H2,1H3,(H,34,38)(H,35,39)(H,36,40)(H,37,41)(H,42,43)(H,44,45)/b15-14-. The molecule has 0 aliphatic rings. The molecule has 45 heavy (non-hydrogen) atoms. The van der Waals surface area contributed by atoms with Crippen LogP contribution in [0.3, 0.4) is 0 Å². The van der Waals surface area contributed by atoms with Crippen LogP contribution >= 0.6 is 0 Å². The molecule has 0 rings (SSSR count). The van der Waals surface area contributed by atoms with Crippen LogP contribution in [0.4, 0.5) is 0 Å². The van der Waals surface area contributed by atoms with Crippen molar-refractivity contribution >= 4 is 35.6 Å². The van der Waals surface area contributed by atoms with Gasteiger partial charge in [0.25, 0.3) is 0 Å². The van der Waals surface area contributed by atoms with Gasteiger partial charge in [-0.05, 0) is 110 Å². The second kappa shape index (κ2) is 25.7. The summed E-state index contributed by atoms with van der Waals surface area (Å²) in [5.41, 5.74) is 16.5. The first-order valence-electron chi connectivity index (χ1n) is 15.6. The maximum absolute atomic E-state index is 12.9. The first-order chi connectivity index (χ1) is 21.5. The second-order valence-electron chi connectivity index (χ2n) is 10.7. The van der Waals surface area contributed by atoms with E-state index in [9.17, 15) is 39.0 Å².